The van der Waals surface area contributed by atoms with E-state index < -0.39 is 5.97 Å². The molecule has 21 heteroatoms. The minimum atomic E-state index is -0.454. The first-order valence-corrected chi connectivity index (χ1v) is 33.8. The third-order valence-electron chi connectivity index (χ3n) is 15.4. The number of hydrogen-bond donors (Lipinski definition) is 4. The van der Waals surface area contributed by atoms with Crippen molar-refractivity contribution in [3.63, 3.8) is 0 Å². The van der Waals surface area contributed by atoms with Gasteiger partial charge in [0.15, 0.2) is 0 Å². The van der Waals surface area contributed by atoms with E-state index in [0.717, 1.165) is 48.7 Å². The van der Waals surface area contributed by atoms with Gasteiger partial charge in [0.2, 0.25) is 23.6 Å². The summed E-state index contributed by atoms with van der Waals surface area (Å²) < 4.78 is 21.7. The van der Waals surface area contributed by atoms with Gasteiger partial charge >= 0.3 is 12.0 Å². The quantitative estimate of drug-likeness (QED) is 0.0717. The Morgan fingerprint density at radius 2 is 1.33 bits per heavy atom. The van der Waals surface area contributed by atoms with Gasteiger partial charge < -0.3 is 55.1 Å². The van der Waals surface area contributed by atoms with Crippen molar-refractivity contribution in [2.75, 3.05) is 60.0 Å². The van der Waals surface area contributed by atoms with Gasteiger partial charge in [-0.3, -0.25) is 33.9 Å². The molecule has 19 nitrogen and oxygen atoms in total. The summed E-state index contributed by atoms with van der Waals surface area (Å²) in [4.78, 5) is 84.7. The lowest BCUT2D eigenvalue weighted by Gasteiger charge is -2.36. The standard InChI is InChI=1S/C23H32N4O6.C23H32N2O2.C9H12O2.2C6H5Cl.C4H10N2O.C2H6/c1-15(2)32-19-12-17(31-5)6-7-18(19)22-24-8-9-27(22)23(30)26-11-10-25(20(28)13-26)14-21(29)33-16(3)4;26-22(16-17-8-2-1-3-9-17)25-15-7-14-21(25)23(27)24-20-13-6-11-18-10-4-5-12-19(18)20;1-7(2)11-9-5-3-4-8(10)6-9;2*7-6-4-2-1-3-5-6;1-3(6-2)4(5)7;1-2/h6-7,12,15-16H,8-11,13-14H2,1-5H3;4-5,10,12,17,20-21H,1-3,6-9,11,13-16H2,(H,24,27);3-7,10H,1-2H3;2*1-5H;3,6H,1-2H3,(H2,5,7);1-2H3/t;20?,21-;;;;;/m.0...../s1. The number of carbonyl (C=O) groups excluding carboxylic acids is 6. The van der Waals surface area contributed by atoms with Crippen molar-refractivity contribution in [1.82, 2.24) is 30.2 Å². The van der Waals surface area contributed by atoms with Crippen LogP contribution >= 0.6 is 23.2 Å². The monoisotopic (exact) mass is 1340 g/mol. The first-order chi connectivity index (χ1) is 45.1. The Morgan fingerprint density at radius 1 is 0.691 bits per heavy atom. The molecule has 1 saturated carbocycles. The molecule has 6 amide bonds. The third-order valence-corrected chi connectivity index (χ3v) is 15.9. The topological polar surface area (TPSA) is 235 Å². The summed E-state index contributed by atoms with van der Waals surface area (Å²) in [5, 5.41) is 16.6. The summed E-state index contributed by atoms with van der Waals surface area (Å²) in [6.07, 6.45) is 11.6. The summed E-state index contributed by atoms with van der Waals surface area (Å²) in [6, 6.07) is 38.8. The number of hydrogen-bond acceptors (Lipinski definition) is 13. The van der Waals surface area contributed by atoms with Gasteiger partial charge in [-0.15, -0.1) is 0 Å². The van der Waals surface area contributed by atoms with Gasteiger partial charge in [-0.2, -0.15) is 0 Å². The molecule has 2 aliphatic carbocycles. The number of aliphatic imine (C=N–C) groups is 1. The molecule has 5 aliphatic rings. The number of fused-ring (bicyclic) bond motifs is 1. The molecule has 2 unspecified atom stereocenters. The molecule has 0 spiro atoms. The largest absolute Gasteiger partial charge is 0.508 e. The second kappa shape index (κ2) is 42.5. The summed E-state index contributed by atoms with van der Waals surface area (Å²) in [5.74, 6) is 2.39. The number of amidine groups is 1. The number of ether oxygens (including phenoxy) is 4. The Hall–Kier alpha value is -7.87. The molecule has 5 N–H and O–H groups in total. The number of likely N-dealkylation sites (tertiary alicyclic amines) is 1. The highest BCUT2D eigenvalue weighted by Gasteiger charge is 2.38. The van der Waals surface area contributed by atoms with Crippen molar-refractivity contribution in [3.8, 4) is 23.0 Å². The normalized spacial score (nSPS) is 16.7. The van der Waals surface area contributed by atoms with Crippen LogP contribution in [-0.4, -0.2) is 157 Å². The third kappa shape index (κ3) is 27.6. The number of aryl methyl sites for hydroxylation is 1. The van der Waals surface area contributed by atoms with Crippen LogP contribution in [-0.2, 0) is 35.1 Å². The number of phenolic OH excluding ortho intramolecular Hbond substituents is 1. The molecule has 2 saturated heterocycles. The maximum atomic E-state index is 13.3. The molecule has 10 rings (SSSR count). The first kappa shape index (κ1) is 78.6. The Balaban J connectivity index is 0.000000271. The minimum Gasteiger partial charge on any atom is -0.508 e. The Bertz CT molecular complexity index is 3090. The number of carbonyl (C=O) groups is 6. The molecule has 3 aliphatic heterocycles. The molecule has 514 valence electrons. The number of esters is 1. The SMILES string of the molecule is CC.CC(C)Oc1cccc(O)c1.CNC(C)C(N)=O.COc1ccc(C2=NCCN2C(=O)N2CCN(CC(=O)OC(C)C)C(=O)C2)c(OC(C)C)c1.Clc1ccccc1.Clc1ccccc1.O=C(NC1CCCc2ccccc21)[C@@H]1CCCN1C(=O)CC1CCCCC1. The highest BCUT2D eigenvalue weighted by molar-refractivity contribution is 6.30. The lowest BCUT2D eigenvalue weighted by atomic mass is 9.86. The maximum absolute atomic E-state index is 13.3. The molecule has 3 atom stereocenters. The van der Waals surface area contributed by atoms with Gasteiger partial charge in [0.05, 0.1) is 49.6 Å². The number of nitrogens with two attached hydrogens (primary N) is 1. The molecule has 3 heterocycles. The predicted molar refractivity (Wildman–Crippen MR) is 374 cm³/mol. The van der Waals surface area contributed by atoms with Gasteiger partial charge in [0.25, 0.3) is 0 Å². The van der Waals surface area contributed by atoms with Crippen molar-refractivity contribution in [2.45, 2.75) is 169 Å². The van der Waals surface area contributed by atoms with Crippen LogP contribution in [0.25, 0.3) is 0 Å². The number of primary amides is 1. The van der Waals surface area contributed by atoms with Crippen molar-refractivity contribution < 1.29 is 52.8 Å². The van der Waals surface area contributed by atoms with E-state index in [0.29, 0.717) is 60.6 Å². The molecule has 0 aromatic heterocycles. The highest BCUT2D eigenvalue weighted by Crippen LogP contribution is 2.33. The van der Waals surface area contributed by atoms with E-state index >= 15 is 0 Å². The lowest BCUT2D eigenvalue weighted by molar-refractivity contribution is -0.153. The van der Waals surface area contributed by atoms with E-state index in [4.69, 9.17) is 53.0 Å². The Labute approximate surface area is 568 Å². The number of amides is 6. The van der Waals surface area contributed by atoms with Crippen molar-refractivity contribution in [2.24, 2.45) is 16.6 Å². The van der Waals surface area contributed by atoms with Crippen LogP contribution in [0.2, 0.25) is 10.0 Å². The molecular weight excluding hydrogens is 1240 g/mol. The van der Waals surface area contributed by atoms with Gasteiger partial charge in [0.1, 0.15) is 48.0 Å². The second-order valence-corrected chi connectivity index (χ2v) is 24.6. The van der Waals surface area contributed by atoms with Gasteiger partial charge in [-0.1, -0.05) is 123 Å². The zero-order valence-corrected chi connectivity index (χ0v) is 58.5. The molecule has 5 aromatic rings. The van der Waals surface area contributed by atoms with Crippen LogP contribution in [0.5, 0.6) is 23.0 Å². The van der Waals surface area contributed by atoms with Crippen LogP contribution in [0.4, 0.5) is 4.79 Å². The summed E-state index contributed by atoms with van der Waals surface area (Å²) in [6.45, 7) is 18.9. The van der Waals surface area contributed by atoms with E-state index in [9.17, 15) is 28.8 Å². The van der Waals surface area contributed by atoms with Crippen LogP contribution in [0.15, 0.2) is 132 Å². The average Bonchev–Trinajstić information content (AvgIpc) is 1.56. The van der Waals surface area contributed by atoms with Crippen LogP contribution in [0.3, 0.4) is 0 Å². The summed E-state index contributed by atoms with van der Waals surface area (Å²) in [5.41, 5.74) is 8.15. The Morgan fingerprint density at radius 3 is 1.88 bits per heavy atom. The van der Waals surface area contributed by atoms with Crippen LogP contribution in [0, 0.1) is 5.92 Å². The lowest BCUT2D eigenvalue weighted by Crippen LogP contribution is -2.56. The second-order valence-electron chi connectivity index (χ2n) is 23.7. The number of piperazine rings is 1. The summed E-state index contributed by atoms with van der Waals surface area (Å²) in [7, 11) is 3.27. The van der Waals surface area contributed by atoms with Crippen LogP contribution in [0.1, 0.15) is 149 Å². The van der Waals surface area contributed by atoms with E-state index in [-0.39, 0.29) is 91.5 Å². The van der Waals surface area contributed by atoms with Gasteiger partial charge in [-0.25, -0.2) is 4.79 Å². The number of nitrogens with one attached hydrogen (secondary N) is 2. The van der Waals surface area contributed by atoms with E-state index in [1.807, 2.05) is 119 Å². The fourth-order valence-corrected chi connectivity index (χ4v) is 11.1. The zero-order chi connectivity index (χ0) is 69.1. The molecular formula is C73H102Cl2N8O11. The van der Waals surface area contributed by atoms with Crippen molar-refractivity contribution in [3.05, 3.63) is 154 Å². The smallest absolute Gasteiger partial charge is 0.326 e. The van der Waals surface area contributed by atoms with Crippen LogP contribution < -0.4 is 30.6 Å². The number of methoxy groups -OCH3 is 1. The predicted octanol–water partition coefficient (Wildman–Crippen LogP) is 12.9. The van der Waals surface area contributed by atoms with Gasteiger partial charge in [0, 0.05) is 54.8 Å². The van der Waals surface area contributed by atoms with Gasteiger partial charge in [-0.05, 0) is 166 Å². The molecule has 0 radical (unpaired) electrons. The van der Waals surface area contributed by atoms with E-state index in [1.54, 1.807) is 70.2 Å². The number of phenols is 1. The Kier molecular flexibility index (Phi) is 35.5. The number of nitrogens with zero attached hydrogens (tertiary/aromatic N) is 5. The number of halogens is 2. The zero-order valence-electron chi connectivity index (χ0n) is 57.0. The number of benzene rings is 5. The first-order valence-electron chi connectivity index (χ1n) is 33.0. The maximum Gasteiger partial charge on any atom is 0.326 e. The fourth-order valence-electron chi connectivity index (χ4n) is 10.8. The average molecular weight is 1340 g/mol. The number of urea groups is 1. The van der Waals surface area contributed by atoms with E-state index in [2.05, 4.69) is 39.9 Å². The van der Waals surface area contributed by atoms with E-state index in [1.165, 1.54) is 53.0 Å². The number of aromatic hydroxyl groups is 1. The molecule has 0 bridgehead atoms. The highest BCUT2D eigenvalue weighted by atomic mass is 35.5. The minimum absolute atomic E-state index is 0.0474. The molecule has 94 heavy (non-hydrogen) atoms. The van der Waals surface area contributed by atoms with Crippen molar-refractivity contribution in [1.29, 1.82) is 0 Å². The molecule has 3 fully saturated rings. The number of rotatable bonds is 15. The van der Waals surface area contributed by atoms with Crippen molar-refractivity contribution >= 4 is 64.7 Å². The number of likely N-dealkylation sites (N-methyl/N-ethyl adjacent to an activating group) is 1. The summed E-state index contributed by atoms with van der Waals surface area (Å²) >= 11 is 11.1. The molecule has 5 aromatic carbocycles. The fraction of sp³-hybridized carbons (Fsp3) is 0.493.